The van der Waals surface area contributed by atoms with Crippen molar-refractivity contribution < 1.29 is 32.2 Å². The lowest BCUT2D eigenvalue weighted by atomic mass is 9.53. The first-order chi connectivity index (χ1) is 16.1. The summed E-state index contributed by atoms with van der Waals surface area (Å²) in [6, 6.07) is 3.44. The van der Waals surface area contributed by atoms with E-state index >= 15 is 0 Å². The third kappa shape index (κ3) is 4.43. The molecule has 13 heteroatoms. The monoisotopic (exact) mass is 497 g/mol. The predicted octanol–water partition coefficient (Wildman–Crippen LogP) is 3.64. The molecule has 0 atom stereocenters. The normalized spacial score (nSPS) is 23.9. The Morgan fingerprint density at radius 3 is 2.76 bits per heavy atom. The number of nitrogens with one attached hydrogen (secondary N) is 1. The topological polar surface area (TPSA) is 113 Å². The fourth-order valence-corrected chi connectivity index (χ4v) is 5.39. The SMILES string of the molecule is COc1nc(OC2CC3(CC(Nc4cnn5cc(OCC(F)(F)F)ccc45)C3)C2)c(C(N)=O)s1. The summed E-state index contributed by atoms with van der Waals surface area (Å²) in [5.74, 6) is -0.266. The van der Waals surface area contributed by atoms with Gasteiger partial charge in [-0.3, -0.25) is 4.79 Å². The molecule has 3 aromatic heterocycles. The van der Waals surface area contributed by atoms with Gasteiger partial charge < -0.3 is 25.3 Å². The van der Waals surface area contributed by atoms with E-state index in [9.17, 15) is 18.0 Å². The van der Waals surface area contributed by atoms with E-state index in [1.165, 1.54) is 23.9 Å². The second-order valence-electron chi connectivity index (χ2n) is 8.74. The van der Waals surface area contributed by atoms with Gasteiger partial charge in [0.1, 0.15) is 11.9 Å². The molecule has 2 aliphatic rings. The molecule has 2 aliphatic carbocycles. The number of anilines is 1. The minimum absolute atomic E-state index is 0.0297. The number of amides is 1. The Bertz CT molecular complexity index is 1210. The van der Waals surface area contributed by atoms with Crippen molar-refractivity contribution in [1.82, 2.24) is 14.6 Å². The standard InChI is InChI=1S/C21H22F3N5O4S/c1-31-19-28-18(16(34-19)17(25)30)33-13-6-20(7-13)4-11(5-20)27-14-8-26-29-9-12(2-3-15(14)29)32-10-21(22,23)24/h2-3,8-9,11,13,27H,4-7,10H2,1H3,(H2,25,30). The van der Waals surface area contributed by atoms with Gasteiger partial charge in [-0.05, 0) is 43.2 Å². The van der Waals surface area contributed by atoms with Crippen molar-refractivity contribution in [2.24, 2.45) is 11.1 Å². The lowest BCUT2D eigenvalue weighted by molar-refractivity contribution is -0.153. The van der Waals surface area contributed by atoms with Crippen LogP contribution in [0, 0.1) is 5.41 Å². The summed E-state index contributed by atoms with van der Waals surface area (Å²) < 4.78 is 54.3. The lowest BCUT2D eigenvalue weighted by Crippen LogP contribution is -2.56. The van der Waals surface area contributed by atoms with Gasteiger partial charge in [0.05, 0.1) is 30.7 Å². The minimum Gasteiger partial charge on any atom is -0.483 e. The second kappa shape index (κ2) is 8.22. The molecule has 0 radical (unpaired) electrons. The molecule has 0 saturated heterocycles. The predicted molar refractivity (Wildman–Crippen MR) is 117 cm³/mol. The number of primary amides is 1. The van der Waals surface area contributed by atoms with Crippen LogP contribution in [-0.4, -0.2) is 52.5 Å². The Hall–Kier alpha value is -3.22. The molecule has 0 aliphatic heterocycles. The number of carbonyl (C=O) groups is 1. The van der Waals surface area contributed by atoms with Gasteiger partial charge in [0.25, 0.3) is 11.1 Å². The van der Waals surface area contributed by atoms with Crippen LogP contribution in [0.2, 0.25) is 0 Å². The van der Waals surface area contributed by atoms with Gasteiger partial charge >= 0.3 is 6.18 Å². The van der Waals surface area contributed by atoms with Crippen molar-refractivity contribution in [2.75, 3.05) is 19.0 Å². The molecule has 0 aromatic carbocycles. The van der Waals surface area contributed by atoms with Crippen molar-refractivity contribution in [1.29, 1.82) is 0 Å². The van der Waals surface area contributed by atoms with Crippen molar-refractivity contribution in [3.8, 4) is 16.8 Å². The Balaban J connectivity index is 1.13. The molecule has 2 fully saturated rings. The Morgan fingerprint density at radius 2 is 2.09 bits per heavy atom. The van der Waals surface area contributed by atoms with Crippen LogP contribution in [0.25, 0.3) is 5.52 Å². The van der Waals surface area contributed by atoms with E-state index in [-0.39, 0.29) is 34.1 Å². The highest BCUT2D eigenvalue weighted by Crippen LogP contribution is 2.57. The van der Waals surface area contributed by atoms with Gasteiger partial charge in [0.15, 0.2) is 11.5 Å². The molecular formula is C21H22F3N5O4S. The van der Waals surface area contributed by atoms with Crippen LogP contribution >= 0.6 is 11.3 Å². The van der Waals surface area contributed by atoms with Crippen LogP contribution in [0.15, 0.2) is 24.5 Å². The third-order valence-corrected chi connectivity index (χ3v) is 7.20. The number of pyridine rings is 1. The number of aromatic nitrogens is 3. The molecule has 182 valence electrons. The minimum atomic E-state index is -4.39. The van der Waals surface area contributed by atoms with Crippen LogP contribution in [-0.2, 0) is 0 Å². The number of thiazole rings is 1. The number of nitrogens with zero attached hydrogens (tertiary/aromatic N) is 3. The first-order valence-corrected chi connectivity index (χ1v) is 11.4. The van der Waals surface area contributed by atoms with E-state index in [1.807, 2.05) is 0 Å². The fourth-order valence-electron chi connectivity index (χ4n) is 4.73. The number of rotatable bonds is 8. The molecule has 0 bridgehead atoms. The lowest BCUT2D eigenvalue weighted by Gasteiger charge is -2.57. The fraction of sp³-hybridized carbons (Fsp3) is 0.476. The number of ether oxygens (including phenoxy) is 3. The van der Waals surface area contributed by atoms with E-state index in [1.54, 1.807) is 12.3 Å². The number of hydrogen-bond acceptors (Lipinski definition) is 8. The largest absolute Gasteiger partial charge is 0.483 e. The van der Waals surface area contributed by atoms with Gasteiger partial charge in [0.2, 0.25) is 5.88 Å². The third-order valence-electron chi connectivity index (χ3n) is 6.18. The quantitative estimate of drug-likeness (QED) is 0.489. The van der Waals surface area contributed by atoms with Gasteiger partial charge in [0, 0.05) is 6.04 Å². The average Bonchev–Trinajstić information content (AvgIpc) is 3.32. The summed E-state index contributed by atoms with van der Waals surface area (Å²) in [6.45, 7) is -1.35. The average molecular weight is 497 g/mol. The highest BCUT2D eigenvalue weighted by molar-refractivity contribution is 7.15. The molecule has 2 saturated carbocycles. The zero-order valence-corrected chi connectivity index (χ0v) is 18.9. The van der Waals surface area contributed by atoms with Gasteiger partial charge in [-0.25, -0.2) is 4.52 Å². The van der Waals surface area contributed by atoms with Crippen LogP contribution in [0.3, 0.4) is 0 Å². The maximum absolute atomic E-state index is 12.4. The van der Waals surface area contributed by atoms with Gasteiger partial charge in [-0.2, -0.15) is 23.3 Å². The summed E-state index contributed by atoms with van der Waals surface area (Å²) in [5, 5.41) is 8.01. The highest BCUT2D eigenvalue weighted by atomic mass is 32.1. The molecule has 3 N–H and O–H groups in total. The number of nitrogens with two attached hydrogens (primary N) is 1. The van der Waals surface area contributed by atoms with Gasteiger partial charge in [-0.1, -0.05) is 11.3 Å². The number of halogens is 3. The summed E-state index contributed by atoms with van der Waals surface area (Å²) in [7, 11) is 1.47. The maximum Gasteiger partial charge on any atom is 0.422 e. The molecule has 3 aromatic rings. The Labute approximate surface area is 196 Å². The number of hydrogen-bond donors (Lipinski definition) is 2. The van der Waals surface area contributed by atoms with E-state index in [4.69, 9.17) is 19.9 Å². The van der Waals surface area contributed by atoms with E-state index in [0.717, 1.165) is 48.2 Å². The first-order valence-electron chi connectivity index (χ1n) is 10.6. The zero-order valence-electron chi connectivity index (χ0n) is 18.1. The number of fused-ring (bicyclic) bond motifs is 1. The molecule has 9 nitrogen and oxygen atoms in total. The van der Waals surface area contributed by atoms with Crippen molar-refractivity contribution in [3.05, 3.63) is 29.4 Å². The summed E-state index contributed by atoms with van der Waals surface area (Å²) in [5.41, 5.74) is 7.16. The van der Waals surface area contributed by atoms with Crippen LogP contribution in [0.4, 0.5) is 18.9 Å². The number of carbonyl (C=O) groups excluding carboxylic acids is 1. The van der Waals surface area contributed by atoms with E-state index in [0.29, 0.717) is 5.19 Å². The van der Waals surface area contributed by atoms with Crippen LogP contribution < -0.4 is 25.3 Å². The molecule has 1 spiro atoms. The Kier molecular flexibility index (Phi) is 5.46. The number of methoxy groups -OCH3 is 1. The highest BCUT2D eigenvalue weighted by Gasteiger charge is 2.54. The molecule has 0 unspecified atom stereocenters. The van der Waals surface area contributed by atoms with E-state index in [2.05, 4.69) is 15.4 Å². The van der Waals surface area contributed by atoms with Crippen LogP contribution in [0.1, 0.15) is 35.4 Å². The molecule has 3 heterocycles. The summed E-state index contributed by atoms with van der Waals surface area (Å²) in [4.78, 5) is 16.0. The van der Waals surface area contributed by atoms with Crippen molar-refractivity contribution >= 4 is 28.4 Å². The second-order valence-corrected chi connectivity index (χ2v) is 9.70. The zero-order chi connectivity index (χ0) is 24.1. The smallest absolute Gasteiger partial charge is 0.422 e. The maximum atomic E-state index is 12.4. The van der Waals surface area contributed by atoms with Crippen molar-refractivity contribution in [3.63, 3.8) is 0 Å². The summed E-state index contributed by atoms with van der Waals surface area (Å²) >= 11 is 1.06. The van der Waals surface area contributed by atoms with Crippen molar-refractivity contribution in [2.45, 2.75) is 44.0 Å². The van der Waals surface area contributed by atoms with Gasteiger partial charge in [-0.15, -0.1) is 0 Å². The first kappa shape index (κ1) is 22.6. The Morgan fingerprint density at radius 1 is 1.32 bits per heavy atom. The number of alkyl halides is 3. The van der Waals surface area contributed by atoms with E-state index < -0.39 is 18.7 Å². The molecular weight excluding hydrogens is 475 g/mol. The van der Waals surface area contributed by atoms with Crippen LogP contribution in [0.5, 0.6) is 16.8 Å². The molecule has 1 amide bonds. The molecule has 34 heavy (non-hydrogen) atoms. The summed E-state index contributed by atoms with van der Waals surface area (Å²) in [6.07, 6.45) is 2.29. The molecule has 5 rings (SSSR count).